The van der Waals surface area contributed by atoms with Crippen molar-refractivity contribution in [1.82, 2.24) is 10.2 Å². The van der Waals surface area contributed by atoms with Crippen molar-refractivity contribution >= 4 is 23.2 Å². The van der Waals surface area contributed by atoms with Gasteiger partial charge in [0.25, 0.3) is 0 Å². The van der Waals surface area contributed by atoms with Crippen LogP contribution in [0, 0.1) is 0 Å². The van der Waals surface area contributed by atoms with Gasteiger partial charge in [0, 0.05) is 18.0 Å². The molecule has 0 spiro atoms. The fourth-order valence-corrected chi connectivity index (χ4v) is 3.04. The molecular weight excluding hydrogens is 248 g/mol. The first-order chi connectivity index (χ1) is 8.63. The van der Waals surface area contributed by atoms with Gasteiger partial charge in [-0.1, -0.05) is 19.4 Å². The fourth-order valence-electron chi connectivity index (χ4n) is 2.21. The van der Waals surface area contributed by atoms with Gasteiger partial charge in [0.15, 0.2) is 0 Å². The van der Waals surface area contributed by atoms with Crippen LogP contribution >= 0.6 is 11.3 Å². The molecule has 18 heavy (non-hydrogen) atoms. The number of likely N-dealkylation sites (N-methyl/N-ethyl adjacent to an activating group) is 1. The zero-order valence-corrected chi connectivity index (χ0v) is 11.5. The number of nitrogens with one attached hydrogen (secondary N) is 1. The third-order valence-electron chi connectivity index (χ3n) is 3.25. The molecule has 1 aliphatic heterocycles. The van der Waals surface area contributed by atoms with Gasteiger partial charge in [-0.2, -0.15) is 0 Å². The molecule has 0 radical (unpaired) electrons. The maximum atomic E-state index is 11.9. The van der Waals surface area contributed by atoms with Gasteiger partial charge in [0.05, 0.1) is 12.5 Å². The molecule has 1 aromatic rings. The lowest BCUT2D eigenvalue weighted by atomic mass is 10.1. The zero-order valence-electron chi connectivity index (χ0n) is 10.7. The van der Waals surface area contributed by atoms with Gasteiger partial charge in [-0.3, -0.25) is 19.8 Å². The normalized spacial score (nSPS) is 21.7. The van der Waals surface area contributed by atoms with E-state index in [-0.39, 0.29) is 30.3 Å². The molecule has 2 rings (SSSR count). The molecule has 1 aromatic heterocycles. The Bertz CT molecular complexity index is 430. The van der Waals surface area contributed by atoms with Crippen LogP contribution in [0.1, 0.15) is 37.1 Å². The number of carbonyl (C=O) groups is 2. The SMILES string of the molecule is CCCC(NC1CC(=O)N(C)C1=O)c1cccs1. The van der Waals surface area contributed by atoms with Gasteiger partial charge in [-0.15, -0.1) is 11.3 Å². The highest BCUT2D eigenvalue weighted by Gasteiger charge is 2.37. The standard InChI is InChI=1S/C13H18N2O2S/c1-3-5-9(11-6-4-7-18-11)14-10-8-12(16)15(2)13(10)17/h4,6-7,9-10,14H,3,5,8H2,1-2H3. The Morgan fingerprint density at radius 1 is 1.56 bits per heavy atom. The molecule has 4 nitrogen and oxygen atoms in total. The summed E-state index contributed by atoms with van der Waals surface area (Å²) in [5, 5.41) is 5.36. The predicted molar refractivity (Wildman–Crippen MR) is 71.3 cm³/mol. The average molecular weight is 266 g/mol. The Hall–Kier alpha value is -1.20. The average Bonchev–Trinajstić information content (AvgIpc) is 2.95. The summed E-state index contributed by atoms with van der Waals surface area (Å²) in [5.74, 6) is -0.211. The minimum Gasteiger partial charge on any atom is -0.298 e. The van der Waals surface area contributed by atoms with Crippen LogP contribution in [0.3, 0.4) is 0 Å². The largest absolute Gasteiger partial charge is 0.298 e. The predicted octanol–water partition coefficient (Wildman–Crippen LogP) is 1.94. The Morgan fingerprint density at radius 2 is 2.33 bits per heavy atom. The molecule has 2 heterocycles. The van der Waals surface area contributed by atoms with Crippen molar-refractivity contribution in [3.05, 3.63) is 22.4 Å². The van der Waals surface area contributed by atoms with Crippen LogP contribution in [0.5, 0.6) is 0 Å². The molecule has 0 aromatic carbocycles. The number of imide groups is 1. The van der Waals surface area contributed by atoms with Crippen molar-refractivity contribution in [1.29, 1.82) is 0 Å². The van der Waals surface area contributed by atoms with E-state index in [4.69, 9.17) is 0 Å². The fraction of sp³-hybridized carbons (Fsp3) is 0.538. The maximum absolute atomic E-state index is 11.9. The quantitative estimate of drug-likeness (QED) is 0.829. The summed E-state index contributed by atoms with van der Waals surface area (Å²) in [6.07, 6.45) is 2.30. The van der Waals surface area contributed by atoms with Crippen LogP contribution in [0.4, 0.5) is 0 Å². The van der Waals surface area contributed by atoms with E-state index in [1.165, 1.54) is 9.78 Å². The number of hydrogen-bond acceptors (Lipinski definition) is 4. The summed E-state index contributed by atoms with van der Waals surface area (Å²) in [6, 6.07) is 3.89. The smallest absolute Gasteiger partial charge is 0.246 e. The molecule has 5 heteroatoms. The minimum absolute atomic E-state index is 0.0982. The second-order valence-electron chi connectivity index (χ2n) is 4.57. The van der Waals surface area contributed by atoms with Crippen LogP contribution in [0.25, 0.3) is 0 Å². The molecule has 1 aliphatic rings. The Kier molecular flexibility index (Phi) is 4.14. The van der Waals surface area contributed by atoms with Gasteiger partial charge in [-0.25, -0.2) is 0 Å². The van der Waals surface area contributed by atoms with Gasteiger partial charge in [0.2, 0.25) is 11.8 Å². The van der Waals surface area contributed by atoms with E-state index in [0.717, 1.165) is 12.8 Å². The lowest BCUT2D eigenvalue weighted by Gasteiger charge is -2.20. The summed E-state index contributed by atoms with van der Waals surface area (Å²) in [5.41, 5.74) is 0. The number of amides is 2. The van der Waals surface area contributed by atoms with Crippen molar-refractivity contribution in [2.75, 3.05) is 7.05 Å². The number of hydrogen-bond donors (Lipinski definition) is 1. The molecule has 0 aliphatic carbocycles. The van der Waals surface area contributed by atoms with E-state index in [9.17, 15) is 9.59 Å². The molecular formula is C13H18N2O2S. The molecule has 0 bridgehead atoms. The van der Waals surface area contributed by atoms with E-state index in [1.54, 1.807) is 18.4 Å². The van der Waals surface area contributed by atoms with Gasteiger partial charge in [0.1, 0.15) is 0 Å². The van der Waals surface area contributed by atoms with Crippen molar-refractivity contribution in [2.24, 2.45) is 0 Å². The minimum atomic E-state index is -0.360. The Balaban J connectivity index is 2.06. The van der Waals surface area contributed by atoms with Crippen LogP contribution in [0.2, 0.25) is 0 Å². The third kappa shape index (κ3) is 2.62. The molecule has 2 atom stereocenters. The lowest BCUT2D eigenvalue weighted by Crippen LogP contribution is -2.39. The van der Waals surface area contributed by atoms with E-state index < -0.39 is 0 Å². The van der Waals surface area contributed by atoms with Crippen molar-refractivity contribution in [3.8, 4) is 0 Å². The first kappa shape index (κ1) is 13.2. The maximum Gasteiger partial charge on any atom is 0.246 e. The third-order valence-corrected chi connectivity index (χ3v) is 4.23. The summed E-state index contributed by atoms with van der Waals surface area (Å²) >= 11 is 1.68. The first-order valence-corrected chi connectivity index (χ1v) is 7.11. The number of nitrogens with zero attached hydrogens (tertiary/aromatic N) is 1. The number of carbonyl (C=O) groups excluding carboxylic acids is 2. The van der Waals surface area contributed by atoms with Crippen molar-refractivity contribution in [2.45, 2.75) is 38.3 Å². The Labute approximate surface area is 111 Å². The van der Waals surface area contributed by atoms with Crippen LogP contribution in [-0.2, 0) is 9.59 Å². The second-order valence-corrected chi connectivity index (χ2v) is 5.55. The van der Waals surface area contributed by atoms with Crippen molar-refractivity contribution in [3.63, 3.8) is 0 Å². The molecule has 98 valence electrons. The van der Waals surface area contributed by atoms with Crippen LogP contribution < -0.4 is 5.32 Å². The van der Waals surface area contributed by atoms with E-state index in [0.29, 0.717) is 0 Å². The zero-order chi connectivity index (χ0) is 13.1. The van der Waals surface area contributed by atoms with Gasteiger partial charge in [-0.05, 0) is 17.9 Å². The second kappa shape index (κ2) is 5.63. The van der Waals surface area contributed by atoms with Gasteiger partial charge < -0.3 is 0 Å². The lowest BCUT2D eigenvalue weighted by molar-refractivity contribution is -0.137. The molecule has 2 unspecified atom stereocenters. The van der Waals surface area contributed by atoms with E-state index in [1.807, 2.05) is 11.4 Å². The number of rotatable bonds is 5. The van der Waals surface area contributed by atoms with Crippen molar-refractivity contribution < 1.29 is 9.59 Å². The summed E-state index contributed by atoms with van der Waals surface area (Å²) < 4.78 is 0. The van der Waals surface area contributed by atoms with E-state index >= 15 is 0 Å². The molecule has 1 saturated heterocycles. The highest BCUT2D eigenvalue weighted by atomic mass is 32.1. The van der Waals surface area contributed by atoms with Crippen LogP contribution in [0.15, 0.2) is 17.5 Å². The Morgan fingerprint density at radius 3 is 2.83 bits per heavy atom. The summed E-state index contributed by atoms with van der Waals surface area (Å²) in [4.78, 5) is 25.8. The van der Waals surface area contributed by atoms with E-state index in [2.05, 4.69) is 18.3 Å². The first-order valence-electron chi connectivity index (χ1n) is 6.23. The van der Waals surface area contributed by atoms with Gasteiger partial charge >= 0.3 is 0 Å². The topological polar surface area (TPSA) is 49.4 Å². The summed E-state index contributed by atoms with van der Waals surface area (Å²) in [6.45, 7) is 2.12. The highest BCUT2D eigenvalue weighted by Crippen LogP contribution is 2.25. The molecule has 1 fully saturated rings. The highest BCUT2D eigenvalue weighted by molar-refractivity contribution is 7.10. The monoisotopic (exact) mass is 266 g/mol. The number of thiophene rings is 1. The molecule has 0 saturated carbocycles. The number of likely N-dealkylation sites (tertiary alicyclic amines) is 1. The molecule has 1 N–H and O–H groups in total. The summed E-state index contributed by atoms with van der Waals surface area (Å²) in [7, 11) is 1.55. The molecule has 2 amide bonds. The van der Waals surface area contributed by atoms with Crippen LogP contribution in [-0.4, -0.2) is 29.8 Å².